The first-order valence-electron chi connectivity index (χ1n) is 9.46. The minimum absolute atomic E-state index is 0.268. The second-order valence-electron chi connectivity index (χ2n) is 7.30. The maximum Gasteiger partial charge on any atom is 0.298 e. The summed E-state index contributed by atoms with van der Waals surface area (Å²) in [5.41, 5.74) is 7.22. The van der Waals surface area contributed by atoms with Gasteiger partial charge in [-0.25, -0.2) is 4.90 Å². The molecule has 1 fully saturated rings. The zero-order chi connectivity index (χ0) is 20.7. The van der Waals surface area contributed by atoms with Gasteiger partial charge in [0.15, 0.2) is 0 Å². The van der Waals surface area contributed by atoms with E-state index >= 15 is 0 Å². The summed E-state index contributed by atoms with van der Waals surface area (Å²) in [6, 6.07) is 17.5. The number of hydrogen-bond donors (Lipinski definition) is 0. The SMILES string of the molecule is Cc1ccc(-n2c(C)cc(C=C3SC(=O)N(c4ccccc4)C3=O)c2C)c(C)c1. The van der Waals surface area contributed by atoms with Gasteiger partial charge in [0.25, 0.3) is 11.1 Å². The first kappa shape index (κ1) is 19.3. The van der Waals surface area contributed by atoms with E-state index in [1.54, 1.807) is 12.1 Å². The second-order valence-corrected chi connectivity index (χ2v) is 8.30. The summed E-state index contributed by atoms with van der Waals surface area (Å²) in [7, 11) is 0. The zero-order valence-electron chi connectivity index (χ0n) is 16.9. The molecule has 0 spiro atoms. The Hall–Kier alpha value is -3.05. The largest absolute Gasteiger partial charge is 0.318 e. The maximum atomic E-state index is 12.9. The lowest BCUT2D eigenvalue weighted by Gasteiger charge is -2.13. The zero-order valence-corrected chi connectivity index (χ0v) is 17.7. The van der Waals surface area contributed by atoms with Crippen LogP contribution < -0.4 is 4.90 Å². The Bertz CT molecular complexity index is 1160. The summed E-state index contributed by atoms with van der Waals surface area (Å²) < 4.78 is 2.20. The fraction of sp³-hybridized carbons (Fsp3) is 0.167. The van der Waals surface area contributed by atoms with Crippen LogP contribution in [0.25, 0.3) is 11.8 Å². The topological polar surface area (TPSA) is 42.3 Å². The lowest BCUT2D eigenvalue weighted by molar-refractivity contribution is -0.113. The number of thioether (sulfide) groups is 1. The average Bonchev–Trinajstić information content (AvgIpc) is 3.11. The number of imide groups is 1. The van der Waals surface area contributed by atoms with E-state index in [-0.39, 0.29) is 11.1 Å². The van der Waals surface area contributed by atoms with Crippen LogP contribution in [0.4, 0.5) is 10.5 Å². The Kier molecular flexibility index (Phi) is 4.92. The highest BCUT2D eigenvalue weighted by Crippen LogP contribution is 2.36. The second kappa shape index (κ2) is 7.41. The number of rotatable bonds is 3. The number of amides is 2. The van der Waals surface area contributed by atoms with Crippen LogP contribution >= 0.6 is 11.8 Å². The van der Waals surface area contributed by atoms with Crippen LogP contribution in [0.1, 0.15) is 28.1 Å². The van der Waals surface area contributed by atoms with Crippen molar-refractivity contribution in [1.82, 2.24) is 4.57 Å². The Balaban J connectivity index is 1.73. The third-order valence-corrected chi connectivity index (χ3v) is 6.03. The molecule has 2 aromatic carbocycles. The molecule has 0 bridgehead atoms. The molecule has 2 heterocycles. The van der Waals surface area contributed by atoms with Crippen LogP contribution in [0.2, 0.25) is 0 Å². The molecule has 4 rings (SSSR count). The van der Waals surface area contributed by atoms with Gasteiger partial charge in [-0.1, -0.05) is 35.9 Å². The molecule has 0 radical (unpaired) electrons. The van der Waals surface area contributed by atoms with Crippen LogP contribution in [0.3, 0.4) is 0 Å². The predicted octanol–water partition coefficient (Wildman–Crippen LogP) is 5.95. The van der Waals surface area contributed by atoms with Crippen LogP contribution in [0, 0.1) is 27.7 Å². The van der Waals surface area contributed by atoms with Crippen molar-refractivity contribution >= 4 is 34.7 Å². The van der Waals surface area contributed by atoms with Gasteiger partial charge in [0.2, 0.25) is 0 Å². The van der Waals surface area contributed by atoms with E-state index in [2.05, 4.69) is 49.6 Å². The molecule has 0 unspecified atom stereocenters. The fourth-order valence-corrected chi connectivity index (χ4v) is 4.60. The summed E-state index contributed by atoms with van der Waals surface area (Å²) in [5.74, 6) is -0.275. The van der Waals surface area contributed by atoms with Gasteiger partial charge >= 0.3 is 0 Å². The van der Waals surface area contributed by atoms with Crippen molar-refractivity contribution in [3.8, 4) is 5.69 Å². The number of carbonyl (C=O) groups excluding carboxylic acids is 2. The summed E-state index contributed by atoms with van der Waals surface area (Å²) >= 11 is 0.985. The van der Waals surface area contributed by atoms with Gasteiger partial charge in [-0.3, -0.25) is 9.59 Å². The van der Waals surface area contributed by atoms with Crippen molar-refractivity contribution in [3.05, 3.63) is 87.6 Å². The summed E-state index contributed by atoms with van der Waals surface area (Å²) in [4.78, 5) is 27.0. The Morgan fingerprint density at radius 2 is 1.62 bits per heavy atom. The summed E-state index contributed by atoms with van der Waals surface area (Å²) in [5, 5.41) is -0.268. The molecule has 1 aromatic heterocycles. The Morgan fingerprint density at radius 1 is 0.897 bits per heavy atom. The van der Waals surface area contributed by atoms with E-state index in [0.717, 1.165) is 34.4 Å². The summed E-state index contributed by atoms with van der Waals surface area (Å²) in [6.45, 7) is 8.28. The fourth-order valence-electron chi connectivity index (χ4n) is 3.77. The molecule has 0 saturated carbocycles. The number of nitrogens with zero attached hydrogens (tertiary/aromatic N) is 2. The van der Waals surface area contributed by atoms with Crippen molar-refractivity contribution in [2.45, 2.75) is 27.7 Å². The van der Waals surface area contributed by atoms with Gasteiger partial charge in [-0.15, -0.1) is 0 Å². The smallest absolute Gasteiger partial charge is 0.298 e. The van der Waals surface area contributed by atoms with E-state index in [0.29, 0.717) is 10.6 Å². The number of aryl methyl sites for hydroxylation is 3. The van der Waals surface area contributed by atoms with Gasteiger partial charge in [0.1, 0.15) is 0 Å². The molecule has 29 heavy (non-hydrogen) atoms. The Morgan fingerprint density at radius 3 is 2.31 bits per heavy atom. The van der Waals surface area contributed by atoms with Crippen LogP contribution in [0.15, 0.2) is 59.5 Å². The molecule has 4 nitrogen and oxygen atoms in total. The van der Waals surface area contributed by atoms with E-state index < -0.39 is 0 Å². The van der Waals surface area contributed by atoms with Gasteiger partial charge in [0, 0.05) is 17.1 Å². The van der Waals surface area contributed by atoms with Gasteiger partial charge in [0.05, 0.1) is 10.6 Å². The normalized spacial score (nSPS) is 15.6. The predicted molar refractivity (Wildman–Crippen MR) is 120 cm³/mol. The van der Waals surface area contributed by atoms with Gasteiger partial charge in [-0.05, 0) is 80.9 Å². The number of benzene rings is 2. The third kappa shape index (κ3) is 3.42. The Labute approximate surface area is 174 Å². The monoisotopic (exact) mass is 402 g/mol. The highest BCUT2D eigenvalue weighted by molar-refractivity contribution is 8.19. The number of anilines is 1. The molecular formula is C24H22N2O2S. The van der Waals surface area contributed by atoms with E-state index in [1.165, 1.54) is 16.0 Å². The average molecular weight is 403 g/mol. The standard InChI is InChI=1S/C24H22N2O2S/c1-15-10-11-21(16(2)12-15)25-17(3)13-19(18(25)4)14-22-23(27)26(24(28)29-22)20-8-6-5-7-9-20/h5-14H,1-4H3. The molecule has 0 atom stereocenters. The number of hydrogen-bond acceptors (Lipinski definition) is 3. The molecule has 0 N–H and O–H groups in total. The number of carbonyl (C=O) groups is 2. The lowest BCUT2D eigenvalue weighted by Crippen LogP contribution is -2.27. The van der Waals surface area contributed by atoms with Crippen LogP contribution in [-0.4, -0.2) is 15.7 Å². The van der Waals surface area contributed by atoms with E-state index in [4.69, 9.17) is 0 Å². The molecule has 1 aliphatic heterocycles. The van der Waals surface area contributed by atoms with Crippen molar-refractivity contribution in [1.29, 1.82) is 0 Å². The first-order chi connectivity index (χ1) is 13.9. The van der Waals surface area contributed by atoms with Crippen LogP contribution in [0.5, 0.6) is 0 Å². The van der Waals surface area contributed by atoms with Crippen molar-refractivity contribution in [3.63, 3.8) is 0 Å². The maximum absolute atomic E-state index is 12.9. The first-order valence-corrected chi connectivity index (χ1v) is 10.3. The molecule has 3 aromatic rings. The highest BCUT2D eigenvalue weighted by Gasteiger charge is 2.36. The van der Waals surface area contributed by atoms with Crippen molar-refractivity contribution in [2.24, 2.45) is 0 Å². The molecular weight excluding hydrogens is 380 g/mol. The molecule has 5 heteroatoms. The van der Waals surface area contributed by atoms with E-state index in [9.17, 15) is 9.59 Å². The highest BCUT2D eigenvalue weighted by atomic mass is 32.2. The third-order valence-electron chi connectivity index (χ3n) is 5.16. The van der Waals surface area contributed by atoms with Gasteiger partial charge in [-0.2, -0.15) is 0 Å². The van der Waals surface area contributed by atoms with Gasteiger partial charge < -0.3 is 4.57 Å². The number of para-hydroxylation sites is 1. The van der Waals surface area contributed by atoms with Crippen LogP contribution in [-0.2, 0) is 4.79 Å². The molecule has 1 aliphatic rings. The quantitative estimate of drug-likeness (QED) is 0.508. The molecule has 2 amide bonds. The number of aromatic nitrogens is 1. The molecule has 0 aliphatic carbocycles. The molecule has 146 valence electrons. The summed E-state index contributed by atoms with van der Waals surface area (Å²) in [6.07, 6.45) is 1.83. The molecule has 1 saturated heterocycles. The minimum atomic E-state index is -0.275. The van der Waals surface area contributed by atoms with Crippen molar-refractivity contribution < 1.29 is 9.59 Å². The van der Waals surface area contributed by atoms with Crippen molar-refractivity contribution in [2.75, 3.05) is 4.90 Å². The van der Waals surface area contributed by atoms with E-state index in [1.807, 2.05) is 31.2 Å². The minimum Gasteiger partial charge on any atom is -0.318 e. The lowest BCUT2D eigenvalue weighted by atomic mass is 10.1.